The maximum atomic E-state index is 12.8. The van der Waals surface area contributed by atoms with Gasteiger partial charge in [-0.15, -0.1) is 11.3 Å². The highest BCUT2D eigenvalue weighted by Gasteiger charge is 2.29. The van der Waals surface area contributed by atoms with Crippen molar-refractivity contribution in [2.24, 2.45) is 0 Å². The Kier molecular flexibility index (Phi) is 6.35. The van der Waals surface area contributed by atoms with Crippen molar-refractivity contribution >= 4 is 43.3 Å². The molecule has 3 heterocycles. The molecule has 1 N–H and O–H groups in total. The molecule has 6 nitrogen and oxygen atoms in total. The largest absolute Gasteiger partial charge is 0.393 e. The SMILES string of the molecule is CS(=O)(=O)C1=Cc2cc(CN3CCC(Nc4ncnc5sc(CC(F)(F)F)cc45)CC3)ccc2C1. The number of allylic oxidation sites excluding steroid dienone is 1. The second kappa shape index (κ2) is 9.18. The van der Waals surface area contributed by atoms with Crippen LogP contribution in [0.3, 0.4) is 0 Å². The van der Waals surface area contributed by atoms with Gasteiger partial charge in [0.2, 0.25) is 0 Å². The Morgan fingerprint density at radius 3 is 2.66 bits per heavy atom. The first-order valence-electron chi connectivity index (χ1n) is 11.3. The number of thiophene rings is 1. The average molecular weight is 523 g/mol. The number of aromatic nitrogens is 2. The fourth-order valence-electron chi connectivity index (χ4n) is 4.68. The molecular weight excluding hydrogens is 497 g/mol. The van der Waals surface area contributed by atoms with Crippen LogP contribution in [0.5, 0.6) is 0 Å². The van der Waals surface area contributed by atoms with Gasteiger partial charge in [0.1, 0.15) is 17.0 Å². The van der Waals surface area contributed by atoms with Crippen LogP contribution >= 0.6 is 11.3 Å². The van der Waals surface area contributed by atoms with Crippen LogP contribution in [0, 0.1) is 0 Å². The Balaban J connectivity index is 1.20. The van der Waals surface area contributed by atoms with Gasteiger partial charge >= 0.3 is 6.18 Å². The van der Waals surface area contributed by atoms with Gasteiger partial charge in [0.25, 0.3) is 0 Å². The van der Waals surface area contributed by atoms with E-state index in [4.69, 9.17) is 0 Å². The lowest BCUT2D eigenvalue weighted by Crippen LogP contribution is -2.38. The molecule has 0 bridgehead atoms. The molecule has 186 valence electrons. The number of halogens is 3. The normalized spacial score (nSPS) is 17.5. The maximum Gasteiger partial charge on any atom is 0.393 e. The van der Waals surface area contributed by atoms with Crippen LogP contribution < -0.4 is 5.32 Å². The van der Waals surface area contributed by atoms with Crippen molar-refractivity contribution < 1.29 is 21.6 Å². The highest BCUT2D eigenvalue weighted by atomic mass is 32.2. The minimum Gasteiger partial charge on any atom is -0.367 e. The van der Waals surface area contributed by atoms with Crippen molar-refractivity contribution in [2.75, 3.05) is 24.7 Å². The van der Waals surface area contributed by atoms with Crippen LogP contribution in [-0.4, -0.2) is 54.8 Å². The van der Waals surface area contributed by atoms with Gasteiger partial charge in [-0.05, 0) is 41.7 Å². The summed E-state index contributed by atoms with van der Waals surface area (Å²) in [7, 11) is -3.18. The molecule has 1 aromatic carbocycles. The van der Waals surface area contributed by atoms with Crippen molar-refractivity contribution in [3.8, 4) is 0 Å². The minimum atomic E-state index is -4.25. The second-order valence-corrected chi connectivity index (χ2v) is 12.4. The van der Waals surface area contributed by atoms with E-state index in [1.165, 1.54) is 12.6 Å². The lowest BCUT2D eigenvalue weighted by Gasteiger charge is -2.32. The summed E-state index contributed by atoms with van der Waals surface area (Å²) in [6.45, 7) is 2.53. The van der Waals surface area contributed by atoms with E-state index in [0.29, 0.717) is 27.4 Å². The van der Waals surface area contributed by atoms with Gasteiger partial charge in [0.05, 0.1) is 11.8 Å². The quantitative estimate of drug-likeness (QED) is 0.501. The Morgan fingerprint density at radius 2 is 1.94 bits per heavy atom. The smallest absolute Gasteiger partial charge is 0.367 e. The number of nitrogens with zero attached hydrogens (tertiary/aromatic N) is 3. The van der Waals surface area contributed by atoms with Gasteiger partial charge in [-0.25, -0.2) is 18.4 Å². The van der Waals surface area contributed by atoms with E-state index in [2.05, 4.69) is 32.3 Å². The maximum absolute atomic E-state index is 12.8. The summed E-state index contributed by atoms with van der Waals surface area (Å²) < 4.78 is 62.1. The second-order valence-electron chi connectivity index (χ2n) is 9.23. The Bertz CT molecular complexity index is 1390. The first kappa shape index (κ1) is 24.2. The molecule has 0 unspecified atom stereocenters. The standard InChI is InChI=1S/C24H25F3N4O2S2/c1-35(32,33)20-9-16-3-2-15(8-17(16)10-20)13-31-6-4-18(5-7-31)30-22-21-11-19(12-24(25,26)27)34-23(21)29-14-28-22/h2-3,8,10-11,14,18H,4-7,9,12-13H2,1H3,(H,28,29,30). The van der Waals surface area contributed by atoms with E-state index in [-0.39, 0.29) is 10.9 Å². The lowest BCUT2D eigenvalue weighted by atomic mass is 10.0. The number of likely N-dealkylation sites (tertiary alicyclic amines) is 1. The highest BCUT2D eigenvalue weighted by Crippen LogP contribution is 2.33. The molecule has 1 aliphatic heterocycles. The molecule has 2 aliphatic rings. The van der Waals surface area contributed by atoms with Gasteiger partial charge in [0.15, 0.2) is 9.84 Å². The molecule has 1 fully saturated rings. The van der Waals surface area contributed by atoms with Crippen LogP contribution in [0.2, 0.25) is 0 Å². The lowest BCUT2D eigenvalue weighted by molar-refractivity contribution is -0.126. The fourth-order valence-corrected chi connectivity index (χ4v) is 6.47. The van der Waals surface area contributed by atoms with Crippen LogP contribution in [0.4, 0.5) is 19.0 Å². The van der Waals surface area contributed by atoms with Crippen LogP contribution in [0.1, 0.15) is 34.4 Å². The monoisotopic (exact) mass is 522 g/mol. The molecule has 0 saturated carbocycles. The molecular formula is C24H25F3N4O2S2. The Hall–Kier alpha value is -2.50. The Labute approximate surface area is 205 Å². The highest BCUT2D eigenvalue weighted by molar-refractivity contribution is 7.94. The topological polar surface area (TPSA) is 75.2 Å². The van der Waals surface area contributed by atoms with Gasteiger partial charge in [-0.3, -0.25) is 4.90 Å². The zero-order valence-electron chi connectivity index (χ0n) is 19.1. The minimum absolute atomic E-state index is 0.176. The summed E-state index contributed by atoms with van der Waals surface area (Å²) in [5.74, 6) is 0.588. The Morgan fingerprint density at radius 1 is 1.17 bits per heavy atom. The molecule has 11 heteroatoms. The van der Waals surface area contributed by atoms with Crippen LogP contribution in [0.25, 0.3) is 16.3 Å². The average Bonchev–Trinajstić information content (AvgIpc) is 3.37. The number of hydrogen-bond donors (Lipinski definition) is 1. The molecule has 0 spiro atoms. The molecule has 3 aromatic rings. The van der Waals surface area contributed by atoms with Crippen LogP contribution in [-0.2, 0) is 29.2 Å². The molecule has 1 aliphatic carbocycles. The summed E-state index contributed by atoms with van der Waals surface area (Å²) in [5, 5.41) is 4.06. The van der Waals surface area contributed by atoms with E-state index in [1.807, 2.05) is 6.07 Å². The van der Waals surface area contributed by atoms with Crippen molar-refractivity contribution in [1.29, 1.82) is 0 Å². The van der Waals surface area contributed by atoms with E-state index in [0.717, 1.165) is 60.5 Å². The van der Waals surface area contributed by atoms with E-state index >= 15 is 0 Å². The molecule has 5 rings (SSSR count). The van der Waals surface area contributed by atoms with Gasteiger partial charge < -0.3 is 5.32 Å². The number of anilines is 1. The molecule has 35 heavy (non-hydrogen) atoms. The van der Waals surface area contributed by atoms with Gasteiger partial charge in [-0.1, -0.05) is 18.2 Å². The van der Waals surface area contributed by atoms with Crippen molar-refractivity contribution in [2.45, 2.75) is 44.4 Å². The van der Waals surface area contributed by atoms with E-state index < -0.39 is 22.4 Å². The fraction of sp³-hybridized carbons (Fsp3) is 0.417. The molecule has 0 atom stereocenters. The summed E-state index contributed by atoms with van der Waals surface area (Å²) >= 11 is 1.05. The van der Waals surface area contributed by atoms with Crippen molar-refractivity contribution in [3.63, 3.8) is 0 Å². The van der Waals surface area contributed by atoms with Gasteiger partial charge in [0, 0.05) is 48.1 Å². The van der Waals surface area contributed by atoms with Crippen molar-refractivity contribution in [1.82, 2.24) is 14.9 Å². The summed E-state index contributed by atoms with van der Waals surface area (Å²) in [5.41, 5.74) is 3.17. The third-order valence-corrected chi connectivity index (χ3v) is 8.72. The summed E-state index contributed by atoms with van der Waals surface area (Å²) in [6.07, 6.45) is 1.43. The zero-order chi connectivity index (χ0) is 24.8. The number of benzene rings is 1. The first-order valence-corrected chi connectivity index (χ1v) is 14.1. The number of hydrogen-bond acceptors (Lipinski definition) is 7. The number of sulfone groups is 1. The van der Waals surface area contributed by atoms with E-state index in [1.54, 1.807) is 12.1 Å². The zero-order valence-corrected chi connectivity index (χ0v) is 20.7. The van der Waals surface area contributed by atoms with E-state index in [9.17, 15) is 21.6 Å². The number of nitrogens with one attached hydrogen (secondary N) is 1. The molecule has 1 saturated heterocycles. The van der Waals surface area contributed by atoms with Crippen molar-refractivity contribution in [3.05, 3.63) is 57.1 Å². The third kappa shape index (κ3) is 5.68. The predicted molar refractivity (Wildman–Crippen MR) is 132 cm³/mol. The van der Waals surface area contributed by atoms with Crippen LogP contribution in [0.15, 0.2) is 35.5 Å². The predicted octanol–water partition coefficient (Wildman–Crippen LogP) is 4.81. The first-order chi connectivity index (χ1) is 16.5. The summed E-state index contributed by atoms with van der Waals surface area (Å²) in [6, 6.07) is 7.87. The third-order valence-electron chi connectivity index (χ3n) is 6.46. The number of rotatable bonds is 6. The number of alkyl halides is 3. The van der Waals surface area contributed by atoms with Gasteiger partial charge in [-0.2, -0.15) is 13.2 Å². The summed E-state index contributed by atoms with van der Waals surface area (Å²) in [4.78, 5) is 12.1. The number of fused-ring (bicyclic) bond motifs is 2. The molecule has 0 radical (unpaired) electrons. The number of piperidine rings is 1. The molecule has 0 amide bonds. The molecule has 2 aromatic heterocycles.